The van der Waals surface area contributed by atoms with E-state index in [0.29, 0.717) is 43.2 Å². The van der Waals surface area contributed by atoms with E-state index >= 15 is 4.39 Å². The lowest BCUT2D eigenvalue weighted by molar-refractivity contribution is -0.228. The molecule has 2 aromatic rings. The SMILES string of the molecule is CC(F)(c1ccc2c(c1)CCC1N(C(=O)[C@]3(F)CC[C@@H](C(=O)O)CC3)CCC21Cc1cccc(Cl)c1)C(F)(F)F. The van der Waals surface area contributed by atoms with Gasteiger partial charge in [0.05, 0.1) is 5.92 Å². The maximum absolute atomic E-state index is 16.1. The summed E-state index contributed by atoms with van der Waals surface area (Å²) in [5.74, 6) is -2.32. The second kappa shape index (κ2) is 10.00. The summed E-state index contributed by atoms with van der Waals surface area (Å²) in [5.41, 5.74) is -4.69. The summed E-state index contributed by atoms with van der Waals surface area (Å²) in [6.45, 7) is 0.764. The van der Waals surface area contributed by atoms with Gasteiger partial charge in [-0.3, -0.25) is 9.59 Å². The summed E-state index contributed by atoms with van der Waals surface area (Å²) in [4.78, 5) is 26.6. The number of hydrogen-bond acceptors (Lipinski definition) is 2. The van der Waals surface area contributed by atoms with Gasteiger partial charge in [-0.1, -0.05) is 41.9 Å². The third-order valence-electron chi connectivity index (χ3n) is 9.40. The first-order valence-corrected chi connectivity index (χ1v) is 13.9. The van der Waals surface area contributed by atoms with Gasteiger partial charge >= 0.3 is 12.1 Å². The molecule has 40 heavy (non-hydrogen) atoms. The van der Waals surface area contributed by atoms with Crippen molar-refractivity contribution in [1.29, 1.82) is 0 Å². The van der Waals surface area contributed by atoms with Crippen molar-refractivity contribution in [3.63, 3.8) is 0 Å². The number of likely N-dealkylation sites (tertiary alicyclic amines) is 1. The predicted molar refractivity (Wildman–Crippen MR) is 140 cm³/mol. The van der Waals surface area contributed by atoms with Gasteiger partial charge in [0.1, 0.15) is 0 Å². The fourth-order valence-corrected chi connectivity index (χ4v) is 7.28. The first-order valence-electron chi connectivity index (χ1n) is 13.5. The molecule has 2 aromatic carbocycles. The van der Waals surface area contributed by atoms with E-state index < -0.39 is 52.3 Å². The first-order chi connectivity index (χ1) is 18.7. The highest BCUT2D eigenvalue weighted by Crippen LogP contribution is 2.52. The standard InChI is InChI=1S/C30H31ClF5NO3/c1-27(32,30(34,35)36)21-6-7-23-20(16-21)5-8-24-28(23,17-18-3-2-4-22(31)15-18)13-14-37(24)26(40)29(33)11-9-19(10-12-29)25(38)39/h2-4,6-7,15-16,19,24H,5,8-14,17H2,1H3,(H,38,39)/t19-,24?,27?,28?,29+. The number of fused-ring (bicyclic) bond motifs is 3. The Kier molecular flexibility index (Phi) is 7.21. The van der Waals surface area contributed by atoms with Crippen LogP contribution in [-0.4, -0.2) is 46.3 Å². The molecule has 1 heterocycles. The van der Waals surface area contributed by atoms with Crippen LogP contribution >= 0.6 is 11.6 Å². The zero-order chi connectivity index (χ0) is 29.1. The molecular weight excluding hydrogens is 553 g/mol. The average Bonchev–Trinajstić information content (AvgIpc) is 3.26. The highest BCUT2D eigenvalue weighted by Gasteiger charge is 2.57. The van der Waals surface area contributed by atoms with E-state index in [0.717, 1.165) is 11.1 Å². The van der Waals surface area contributed by atoms with Gasteiger partial charge in [-0.25, -0.2) is 8.78 Å². The Bertz CT molecular complexity index is 1320. The number of nitrogens with zero attached hydrogens (tertiary/aromatic N) is 1. The topological polar surface area (TPSA) is 57.6 Å². The summed E-state index contributed by atoms with van der Waals surface area (Å²) < 4.78 is 71.4. The molecule has 1 aliphatic heterocycles. The van der Waals surface area contributed by atoms with Gasteiger partial charge in [0.25, 0.3) is 5.91 Å². The molecule has 216 valence electrons. The van der Waals surface area contributed by atoms with Crippen LogP contribution in [-0.2, 0) is 33.5 Å². The second-order valence-electron chi connectivity index (χ2n) is 11.7. The minimum atomic E-state index is -5.08. The maximum Gasteiger partial charge on any atom is 0.426 e. The van der Waals surface area contributed by atoms with Gasteiger partial charge in [-0.05, 0) is 92.7 Å². The van der Waals surface area contributed by atoms with Crippen molar-refractivity contribution in [1.82, 2.24) is 4.90 Å². The van der Waals surface area contributed by atoms with E-state index in [1.165, 1.54) is 12.1 Å². The van der Waals surface area contributed by atoms with E-state index in [1.807, 2.05) is 6.07 Å². The first kappa shape index (κ1) is 28.8. The van der Waals surface area contributed by atoms with E-state index in [2.05, 4.69) is 0 Å². The highest BCUT2D eigenvalue weighted by molar-refractivity contribution is 6.30. The Hall–Kier alpha value is -2.68. The average molecular weight is 584 g/mol. The van der Waals surface area contributed by atoms with Gasteiger partial charge in [0, 0.05) is 23.0 Å². The van der Waals surface area contributed by atoms with E-state index in [-0.39, 0.29) is 32.2 Å². The zero-order valence-corrected chi connectivity index (χ0v) is 22.8. The maximum atomic E-state index is 16.1. The van der Waals surface area contributed by atoms with Crippen LogP contribution in [0.15, 0.2) is 42.5 Å². The number of benzene rings is 2. The van der Waals surface area contributed by atoms with Gasteiger partial charge in [-0.2, -0.15) is 13.2 Å². The number of carboxylic acids is 1. The Morgan fingerprint density at radius 3 is 2.38 bits per heavy atom. The van der Waals surface area contributed by atoms with Crippen molar-refractivity contribution < 1.29 is 36.6 Å². The summed E-state index contributed by atoms with van der Waals surface area (Å²) in [5, 5.41) is 9.81. The number of alkyl halides is 5. The molecule has 3 aliphatic rings. The molecule has 0 spiro atoms. The van der Waals surface area contributed by atoms with Crippen LogP contribution in [0.3, 0.4) is 0 Å². The minimum Gasteiger partial charge on any atom is -0.481 e. The number of aliphatic carboxylic acids is 1. The third-order valence-corrected chi connectivity index (χ3v) is 9.63. The van der Waals surface area contributed by atoms with Gasteiger partial charge < -0.3 is 10.0 Å². The third kappa shape index (κ3) is 4.78. The quantitative estimate of drug-likeness (QED) is 0.382. The molecule has 5 rings (SSSR count). The number of carbonyl (C=O) groups is 2. The predicted octanol–water partition coefficient (Wildman–Crippen LogP) is 7.10. The molecular formula is C30H31ClF5NO3. The van der Waals surface area contributed by atoms with Crippen LogP contribution in [0.2, 0.25) is 5.02 Å². The monoisotopic (exact) mass is 583 g/mol. The number of aryl methyl sites for hydroxylation is 1. The molecule has 0 radical (unpaired) electrons. The Balaban J connectivity index is 1.52. The second-order valence-corrected chi connectivity index (χ2v) is 12.2. The zero-order valence-electron chi connectivity index (χ0n) is 22.0. The molecule has 3 atom stereocenters. The fourth-order valence-electron chi connectivity index (χ4n) is 7.07. The number of amides is 1. The molecule has 0 aromatic heterocycles. The number of hydrogen-bond donors (Lipinski definition) is 1. The number of carboxylic acid groups (broad SMARTS) is 1. The lowest BCUT2D eigenvalue weighted by Crippen LogP contribution is -2.55. The lowest BCUT2D eigenvalue weighted by atomic mass is 9.63. The van der Waals surface area contributed by atoms with Crippen LogP contribution in [0.5, 0.6) is 0 Å². The summed E-state index contributed by atoms with van der Waals surface area (Å²) >= 11 is 6.25. The van der Waals surface area contributed by atoms with Crippen molar-refractivity contribution in [2.75, 3.05) is 6.54 Å². The number of halogens is 6. The Morgan fingerprint density at radius 2 is 1.75 bits per heavy atom. The van der Waals surface area contributed by atoms with Crippen molar-refractivity contribution >= 4 is 23.5 Å². The summed E-state index contributed by atoms with van der Waals surface area (Å²) in [7, 11) is 0. The van der Waals surface area contributed by atoms with Gasteiger partial charge in [0.15, 0.2) is 5.67 Å². The van der Waals surface area contributed by atoms with Gasteiger partial charge in [0.2, 0.25) is 5.67 Å². The van der Waals surface area contributed by atoms with Crippen molar-refractivity contribution in [2.24, 2.45) is 5.92 Å². The largest absolute Gasteiger partial charge is 0.481 e. The molecule has 10 heteroatoms. The molecule has 0 bridgehead atoms. The van der Waals surface area contributed by atoms with Crippen LogP contribution < -0.4 is 0 Å². The van der Waals surface area contributed by atoms with Crippen LogP contribution in [0.1, 0.15) is 67.7 Å². The van der Waals surface area contributed by atoms with Crippen molar-refractivity contribution in [2.45, 2.75) is 87.3 Å². The summed E-state index contributed by atoms with van der Waals surface area (Å²) in [6, 6.07) is 10.8. The molecule has 1 saturated carbocycles. The molecule has 2 aliphatic carbocycles. The number of rotatable bonds is 5. The molecule has 2 fully saturated rings. The fraction of sp³-hybridized carbons (Fsp3) is 0.533. The van der Waals surface area contributed by atoms with Crippen molar-refractivity contribution in [3.8, 4) is 0 Å². The van der Waals surface area contributed by atoms with Crippen LogP contribution in [0.4, 0.5) is 22.0 Å². The van der Waals surface area contributed by atoms with E-state index in [4.69, 9.17) is 11.6 Å². The molecule has 1 saturated heterocycles. The Morgan fingerprint density at radius 1 is 1.05 bits per heavy atom. The number of carbonyl (C=O) groups excluding carboxylic acids is 1. The minimum absolute atomic E-state index is 0.0799. The Labute approximate surface area is 234 Å². The molecule has 1 N–H and O–H groups in total. The van der Waals surface area contributed by atoms with Crippen molar-refractivity contribution in [3.05, 3.63) is 69.7 Å². The van der Waals surface area contributed by atoms with E-state index in [1.54, 1.807) is 29.2 Å². The highest BCUT2D eigenvalue weighted by atomic mass is 35.5. The molecule has 4 nitrogen and oxygen atoms in total. The molecule has 1 amide bonds. The molecule has 3 unspecified atom stereocenters. The smallest absolute Gasteiger partial charge is 0.426 e. The van der Waals surface area contributed by atoms with Crippen LogP contribution in [0.25, 0.3) is 0 Å². The lowest BCUT2D eigenvalue weighted by Gasteiger charge is -2.45. The van der Waals surface area contributed by atoms with Crippen LogP contribution in [0, 0.1) is 5.92 Å². The summed E-state index contributed by atoms with van der Waals surface area (Å²) in [6.07, 6.45) is -3.70. The van der Waals surface area contributed by atoms with Gasteiger partial charge in [-0.15, -0.1) is 0 Å². The normalized spacial score (nSPS) is 29.8. The van der Waals surface area contributed by atoms with E-state index in [9.17, 15) is 32.3 Å².